The van der Waals surface area contributed by atoms with Crippen molar-refractivity contribution in [3.05, 3.63) is 42.8 Å². The van der Waals surface area contributed by atoms with E-state index in [9.17, 15) is 0 Å². The van der Waals surface area contributed by atoms with Crippen LogP contribution in [0.1, 0.15) is 12.6 Å². The molecule has 0 bridgehead atoms. The molecule has 13 heavy (non-hydrogen) atoms. The third kappa shape index (κ3) is 2.75. The summed E-state index contributed by atoms with van der Waals surface area (Å²) in [7, 11) is 0. The van der Waals surface area contributed by atoms with Crippen LogP contribution in [0.25, 0.3) is 6.08 Å². The van der Waals surface area contributed by atoms with Gasteiger partial charge in [0.15, 0.2) is 0 Å². The van der Waals surface area contributed by atoms with Crippen molar-refractivity contribution in [3.8, 4) is 5.75 Å². The molecule has 2 nitrogen and oxygen atoms in total. The van der Waals surface area contributed by atoms with Crippen LogP contribution in [-0.2, 0) is 0 Å². The van der Waals surface area contributed by atoms with Gasteiger partial charge in [0.2, 0.25) is 0 Å². The van der Waals surface area contributed by atoms with E-state index >= 15 is 0 Å². The minimum Gasteiger partial charge on any atom is -0.487 e. The number of hydrogen-bond donors (Lipinski definition) is 0. The maximum atomic E-state index is 5.41. The van der Waals surface area contributed by atoms with E-state index in [-0.39, 0.29) is 0 Å². The zero-order valence-corrected chi connectivity index (χ0v) is 7.73. The standard InChI is InChI=1S/C11H13NO/c1-3-6-10-11(13-9-4-2)7-5-8-12-10/h3-8H,2,9H2,1H3/b6-3+. The Morgan fingerprint density at radius 3 is 3.15 bits per heavy atom. The van der Waals surface area contributed by atoms with Crippen LogP contribution < -0.4 is 4.74 Å². The molecule has 0 radical (unpaired) electrons. The zero-order valence-electron chi connectivity index (χ0n) is 7.73. The van der Waals surface area contributed by atoms with Gasteiger partial charge in [-0.3, -0.25) is 4.98 Å². The Bertz CT molecular complexity index is 305. The van der Waals surface area contributed by atoms with Crippen molar-refractivity contribution in [2.45, 2.75) is 6.92 Å². The number of hydrogen-bond acceptors (Lipinski definition) is 2. The molecular formula is C11H13NO. The SMILES string of the molecule is C=CCOc1cccnc1/C=C/C. The molecular weight excluding hydrogens is 162 g/mol. The normalized spacial score (nSPS) is 10.2. The Balaban J connectivity index is 2.83. The molecule has 0 aliphatic carbocycles. The van der Waals surface area contributed by atoms with Crippen LogP contribution in [0.3, 0.4) is 0 Å². The fraction of sp³-hybridized carbons (Fsp3) is 0.182. The minimum atomic E-state index is 0.510. The van der Waals surface area contributed by atoms with Gasteiger partial charge < -0.3 is 4.74 Å². The van der Waals surface area contributed by atoms with E-state index in [1.165, 1.54) is 0 Å². The average Bonchev–Trinajstić information content (AvgIpc) is 2.17. The summed E-state index contributed by atoms with van der Waals surface area (Å²) in [5.74, 6) is 0.792. The molecule has 68 valence electrons. The molecule has 0 amide bonds. The average molecular weight is 175 g/mol. The number of pyridine rings is 1. The first kappa shape index (κ1) is 9.52. The molecule has 0 aliphatic heterocycles. The second-order valence-electron chi connectivity index (χ2n) is 2.49. The van der Waals surface area contributed by atoms with Gasteiger partial charge in [-0.2, -0.15) is 0 Å². The Morgan fingerprint density at radius 1 is 1.62 bits per heavy atom. The predicted octanol–water partition coefficient (Wildman–Crippen LogP) is 2.68. The van der Waals surface area contributed by atoms with Gasteiger partial charge in [-0.1, -0.05) is 18.7 Å². The molecule has 0 unspecified atom stereocenters. The summed E-state index contributed by atoms with van der Waals surface area (Å²) < 4.78 is 5.41. The lowest BCUT2D eigenvalue weighted by Gasteiger charge is -2.04. The molecule has 0 saturated carbocycles. The van der Waals surface area contributed by atoms with Crippen LogP contribution in [0.5, 0.6) is 5.75 Å². The van der Waals surface area contributed by atoms with Gasteiger partial charge in [0.25, 0.3) is 0 Å². The van der Waals surface area contributed by atoms with E-state index in [1.807, 2.05) is 31.2 Å². The second-order valence-corrected chi connectivity index (χ2v) is 2.49. The van der Waals surface area contributed by atoms with Crippen molar-refractivity contribution in [1.29, 1.82) is 0 Å². The molecule has 1 rings (SSSR count). The first-order valence-electron chi connectivity index (χ1n) is 4.20. The van der Waals surface area contributed by atoms with Crippen molar-refractivity contribution < 1.29 is 4.74 Å². The van der Waals surface area contributed by atoms with Crippen molar-refractivity contribution in [1.82, 2.24) is 4.98 Å². The van der Waals surface area contributed by atoms with Gasteiger partial charge in [0.1, 0.15) is 18.1 Å². The van der Waals surface area contributed by atoms with Crippen LogP contribution in [0.2, 0.25) is 0 Å². The van der Waals surface area contributed by atoms with E-state index < -0.39 is 0 Å². The quantitative estimate of drug-likeness (QED) is 0.656. The molecule has 0 aromatic carbocycles. The first-order chi connectivity index (χ1) is 6.38. The van der Waals surface area contributed by atoms with Crippen LogP contribution in [0.4, 0.5) is 0 Å². The summed E-state index contributed by atoms with van der Waals surface area (Å²) >= 11 is 0. The molecule has 0 fully saturated rings. The largest absolute Gasteiger partial charge is 0.487 e. The maximum Gasteiger partial charge on any atom is 0.145 e. The van der Waals surface area contributed by atoms with E-state index in [4.69, 9.17) is 4.74 Å². The molecule has 1 aromatic heterocycles. The molecule has 0 atom stereocenters. The van der Waals surface area contributed by atoms with E-state index in [0.29, 0.717) is 6.61 Å². The summed E-state index contributed by atoms with van der Waals surface area (Å²) in [5.41, 5.74) is 0.854. The van der Waals surface area contributed by atoms with Crippen molar-refractivity contribution >= 4 is 6.08 Å². The summed E-state index contributed by atoms with van der Waals surface area (Å²) in [6.45, 7) is 6.05. The van der Waals surface area contributed by atoms with Gasteiger partial charge in [0.05, 0.1) is 0 Å². The Hall–Kier alpha value is -1.57. The van der Waals surface area contributed by atoms with Gasteiger partial charge in [-0.15, -0.1) is 0 Å². The summed E-state index contributed by atoms with van der Waals surface area (Å²) in [6, 6.07) is 3.75. The number of ether oxygens (including phenoxy) is 1. The maximum absolute atomic E-state index is 5.41. The Labute approximate surface area is 78.6 Å². The fourth-order valence-electron chi connectivity index (χ4n) is 0.957. The molecule has 0 N–H and O–H groups in total. The lowest BCUT2D eigenvalue weighted by Crippen LogP contribution is -1.95. The molecule has 0 spiro atoms. The molecule has 0 saturated heterocycles. The second kappa shape index (κ2) is 5.14. The summed E-state index contributed by atoms with van der Waals surface area (Å²) in [4.78, 5) is 4.18. The highest BCUT2D eigenvalue weighted by molar-refractivity contribution is 5.52. The first-order valence-corrected chi connectivity index (χ1v) is 4.20. The third-order valence-corrected chi connectivity index (χ3v) is 1.48. The van der Waals surface area contributed by atoms with Crippen LogP contribution in [-0.4, -0.2) is 11.6 Å². The minimum absolute atomic E-state index is 0.510. The number of rotatable bonds is 4. The molecule has 2 heteroatoms. The monoisotopic (exact) mass is 175 g/mol. The van der Waals surface area contributed by atoms with Crippen LogP contribution in [0.15, 0.2) is 37.1 Å². The molecule has 1 aromatic rings. The van der Waals surface area contributed by atoms with Gasteiger partial charge in [0, 0.05) is 6.20 Å². The van der Waals surface area contributed by atoms with Crippen molar-refractivity contribution in [3.63, 3.8) is 0 Å². The molecule has 1 heterocycles. The van der Waals surface area contributed by atoms with Gasteiger partial charge >= 0.3 is 0 Å². The predicted molar refractivity (Wildman–Crippen MR) is 54.6 cm³/mol. The third-order valence-electron chi connectivity index (χ3n) is 1.48. The van der Waals surface area contributed by atoms with E-state index in [0.717, 1.165) is 11.4 Å². The fourth-order valence-corrected chi connectivity index (χ4v) is 0.957. The van der Waals surface area contributed by atoms with Gasteiger partial charge in [-0.05, 0) is 25.1 Å². The van der Waals surface area contributed by atoms with E-state index in [2.05, 4.69) is 11.6 Å². The lowest BCUT2D eigenvalue weighted by atomic mass is 10.3. The summed E-state index contributed by atoms with van der Waals surface area (Å²) in [5, 5.41) is 0. The number of aromatic nitrogens is 1. The smallest absolute Gasteiger partial charge is 0.145 e. The molecule has 0 aliphatic rings. The topological polar surface area (TPSA) is 22.1 Å². The van der Waals surface area contributed by atoms with Crippen LogP contribution in [0, 0.1) is 0 Å². The van der Waals surface area contributed by atoms with Crippen molar-refractivity contribution in [2.75, 3.05) is 6.61 Å². The highest BCUT2D eigenvalue weighted by Crippen LogP contribution is 2.16. The highest BCUT2D eigenvalue weighted by Gasteiger charge is 1.98. The van der Waals surface area contributed by atoms with E-state index in [1.54, 1.807) is 12.3 Å². The number of allylic oxidation sites excluding steroid dienone is 1. The van der Waals surface area contributed by atoms with Crippen molar-refractivity contribution in [2.24, 2.45) is 0 Å². The van der Waals surface area contributed by atoms with Crippen LogP contribution >= 0.6 is 0 Å². The number of nitrogens with zero attached hydrogens (tertiary/aromatic N) is 1. The highest BCUT2D eigenvalue weighted by atomic mass is 16.5. The summed E-state index contributed by atoms with van der Waals surface area (Å²) in [6.07, 6.45) is 7.31. The Morgan fingerprint density at radius 2 is 2.46 bits per heavy atom. The Kier molecular flexibility index (Phi) is 3.76. The van der Waals surface area contributed by atoms with Gasteiger partial charge in [-0.25, -0.2) is 0 Å². The lowest BCUT2D eigenvalue weighted by molar-refractivity contribution is 0.361. The zero-order chi connectivity index (χ0) is 9.52.